The lowest BCUT2D eigenvalue weighted by Gasteiger charge is -2.31. The second kappa shape index (κ2) is 5.67. The van der Waals surface area contributed by atoms with Crippen LogP contribution in [0.4, 0.5) is 11.6 Å². The Morgan fingerprint density at radius 1 is 1.44 bits per heavy atom. The lowest BCUT2D eigenvalue weighted by molar-refractivity contribution is 0.436. The van der Waals surface area contributed by atoms with E-state index in [9.17, 15) is 0 Å². The standard InChI is InChI=1S/C13H19N5/c1-11-3-6-18(7-4-11)13-9-12(15-10-16-13)17(2)8-5-14/h9-11H,3-4,6-8H2,1-2H3. The van der Waals surface area contributed by atoms with Crippen molar-refractivity contribution >= 4 is 11.6 Å². The molecule has 1 aliphatic rings. The highest BCUT2D eigenvalue weighted by atomic mass is 15.2. The first-order valence-electron chi connectivity index (χ1n) is 6.36. The summed E-state index contributed by atoms with van der Waals surface area (Å²) in [6, 6.07) is 4.09. The molecule has 0 radical (unpaired) electrons. The van der Waals surface area contributed by atoms with Gasteiger partial charge in [0.25, 0.3) is 0 Å². The zero-order valence-corrected chi connectivity index (χ0v) is 11.0. The Morgan fingerprint density at radius 3 is 2.83 bits per heavy atom. The average Bonchev–Trinajstić information content (AvgIpc) is 2.40. The molecule has 5 nitrogen and oxygen atoms in total. The first kappa shape index (κ1) is 12.6. The van der Waals surface area contributed by atoms with Crippen molar-refractivity contribution in [3.8, 4) is 6.07 Å². The Kier molecular flexibility index (Phi) is 3.98. The molecule has 0 aliphatic carbocycles. The van der Waals surface area contributed by atoms with Gasteiger partial charge in [-0.2, -0.15) is 5.26 Å². The van der Waals surface area contributed by atoms with Crippen molar-refractivity contribution in [2.75, 3.05) is 36.5 Å². The molecule has 0 atom stereocenters. The largest absolute Gasteiger partial charge is 0.356 e. The number of nitrogens with zero attached hydrogens (tertiary/aromatic N) is 5. The fourth-order valence-electron chi connectivity index (χ4n) is 2.14. The smallest absolute Gasteiger partial charge is 0.134 e. The molecule has 1 aromatic rings. The molecule has 1 saturated heterocycles. The van der Waals surface area contributed by atoms with Gasteiger partial charge in [-0.1, -0.05) is 6.92 Å². The van der Waals surface area contributed by atoms with Crippen LogP contribution in [0.1, 0.15) is 19.8 Å². The van der Waals surface area contributed by atoms with Gasteiger partial charge in [-0.3, -0.25) is 0 Å². The van der Waals surface area contributed by atoms with Crippen LogP contribution in [0, 0.1) is 17.2 Å². The summed E-state index contributed by atoms with van der Waals surface area (Å²) >= 11 is 0. The van der Waals surface area contributed by atoms with E-state index in [1.165, 1.54) is 12.8 Å². The number of hydrogen-bond donors (Lipinski definition) is 0. The van der Waals surface area contributed by atoms with Crippen molar-refractivity contribution in [2.24, 2.45) is 5.92 Å². The van der Waals surface area contributed by atoms with Crippen LogP contribution in [0.15, 0.2) is 12.4 Å². The maximum Gasteiger partial charge on any atom is 0.134 e. The van der Waals surface area contributed by atoms with E-state index in [1.54, 1.807) is 6.33 Å². The number of nitriles is 1. The third-order valence-electron chi connectivity index (χ3n) is 3.44. The average molecular weight is 245 g/mol. The van der Waals surface area contributed by atoms with Crippen LogP contribution in [0.2, 0.25) is 0 Å². The van der Waals surface area contributed by atoms with E-state index in [4.69, 9.17) is 5.26 Å². The molecule has 0 amide bonds. The third kappa shape index (κ3) is 2.89. The summed E-state index contributed by atoms with van der Waals surface area (Å²) in [4.78, 5) is 12.7. The molecule has 18 heavy (non-hydrogen) atoms. The SMILES string of the molecule is CC1CCN(c2cc(N(C)CC#N)ncn2)CC1. The maximum atomic E-state index is 8.70. The summed E-state index contributed by atoms with van der Waals surface area (Å²) in [7, 11) is 1.87. The number of hydrogen-bond acceptors (Lipinski definition) is 5. The van der Waals surface area contributed by atoms with E-state index < -0.39 is 0 Å². The number of rotatable bonds is 3. The van der Waals surface area contributed by atoms with Crippen molar-refractivity contribution in [1.82, 2.24) is 9.97 Å². The number of aromatic nitrogens is 2. The molecule has 0 unspecified atom stereocenters. The van der Waals surface area contributed by atoms with E-state index in [1.807, 2.05) is 18.0 Å². The molecule has 5 heteroatoms. The minimum Gasteiger partial charge on any atom is -0.356 e. The molecule has 0 saturated carbocycles. The van der Waals surface area contributed by atoms with Gasteiger partial charge in [0.1, 0.15) is 24.5 Å². The summed E-state index contributed by atoms with van der Waals surface area (Å²) in [6.07, 6.45) is 4.01. The molecule has 0 N–H and O–H groups in total. The molecule has 1 aromatic heterocycles. The van der Waals surface area contributed by atoms with Gasteiger partial charge < -0.3 is 9.80 Å². The molecular formula is C13H19N5. The number of anilines is 2. The number of piperidine rings is 1. The zero-order chi connectivity index (χ0) is 13.0. The van der Waals surface area contributed by atoms with Gasteiger partial charge in [-0.15, -0.1) is 0 Å². The molecule has 1 aliphatic heterocycles. The fraction of sp³-hybridized carbons (Fsp3) is 0.615. The monoisotopic (exact) mass is 245 g/mol. The predicted octanol–water partition coefficient (Wildman–Crippen LogP) is 1.67. The zero-order valence-electron chi connectivity index (χ0n) is 11.0. The lowest BCUT2D eigenvalue weighted by atomic mass is 9.99. The second-order valence-electron chi connectivity index (χ2n) is 4.92. The van der Waals surface area contributed by atoms with Crippen LogP contribution in [0.5, 0.6) is 0 Å². The van der Waals surface area contributed by atoms with Crippen LogP contribution >= 0.6 is 0 Å². The van der Waals surface area contributed by atoms with E-state index in [-0.39, 0.29) is 0 Å². The van der Waals surface area contributed by atoms with Crippen molar-refractivity contribution in [3.05, 3.63) is 12.4 Å². The Balaban J connectivity index is 2.10. The summed E-state index contributed by atoms with van der Waals surface area (Å²) in [5, 5.41) is 8.70. The van der Waals surface area contributed by atoms with Crippen LogP contribution < -0.4 is 9.80 Å². The van der Waals surface area contributed by atoms with E-state index >= 15 is 0 Å². The summed E-state index contributed by atoms with van der Waals surface area (Å²) in [5.74, 6) is 2.58. The van der Waals surface area contributed by atoms with Crippen molar-refractivity contribution in [2.45, 2.75) is 19.8 Å². The van der Waals surface area contributed by atoms with Crippen LogP contribution in [-0.2, 0) is 0 Å². The van der Waals surface area contributed by atoms with Gasteiger partial charge in [-0.25, -0.2) is 9.97 Å². The molecule has 0 bridgehead atoms. The van der Waals surface area contributed by atoms with Gasteiger partial charge in [0.15, 0.2) is 0 Å². The Morgan fingerprint density at radius 2 is 2.17 bits per heavy atom. The van der Waals surface area contributed by atoms with Gasteiger partial charge in [0.05, 0.1) is 6.07 Å². The second-order valence-corrected chi connectivity index (χ2v) is 4.92. The molecular weight excluding hydrogens is 226 g/mol. The topological polar surface area (TPSA) is 56.0 Å². The molecule has 96 valence electrons. The molecule has 0 aromatic carbocycles. The van der Waals surface area contributed by atoms with Crippen molar-refractivity contribution < 1.29 is 0 Å². The first-order chi connectivity index (χ1) is 8.70. The Bertz CT molecular complexity index is 431. The minimum absolute atomic E-state index is 0.341. The van der Waals surface area contributed by atoms with Crippen LogP contribution in [0.3, 0.4) is 0 Å². The normalized spacial score (nSPS) is 16.4. The Labute approximate surface area is 108 Å². The summed E-state index contributed by atoms with van der Waals surface area (Å²) in [6.45, 7) is 4.75. The quantitative estimate of drug-likeness (QED) is 0.758. The third-order valence-corrected chi connectivity index (χ3v) is 3.44. The van der Waals surface area contributed by atoms with Crippen LogP contribution in [-0.4, -0.2) is 36.6 Å². The van der Waals surface area contributed by atoms with Gasteiger partial charge in [0, 0.05) is 26.2 Å². The predicted molar refractivity (Wildman–Crippen MR) is 71.5 cm³/mol. The minimum atomic E-state index is 0.341. The molecule has 0 spiro atoms. The van der Waals surface area contributed by atoms with Gasteiger partial charge in [-0.05, 0) is 18.8 Å². The van der Waals surface area contributed by atoms with Crippen molar-refractivity contribution in [1.29, 1.82) is 5.26 Å². The van der Waals surface area contributed by atoms with E-state index in [2.05, 4.69) is 27.9 Å². The van der Waals surface area contributed by atoms with Crippen LogP contribution in [0.25, 0.3) is 0 Å². The maximum absolute atomic E-state index is 8.70. The fourth-order valence-corrected chi connectivity index (χ4v) is 2.14. The highest BCUT2D eigenvalue weighted by molar-refractivity contribution is 5.50. The molecule has 1 fully saturated rings. The summed E-state index contributed by atoms with van der Waals surface area (Å²) in [5.41, 5.74) is 0. The highest BCUT2D eigenvalue weighted by Crippen LogP contribution is 2.22. The van der Waals surface area contributed by atoms with E-state index in [0.29, 0.717) is 6.54 Å². The Hall–Kier alpha value is -1.83. The molecule has 2 heterocycles. The van der Waals surface area contributed by atoms with Gasteiger partial charge >= 0.3 is 0 Å². The lowest BCUT2D eigenvalue weighted by Crippen LogP contribution is -2.33. The molecule has 2 rings (SSSR count). The van der Waals surface area contributed by atoms with E-state index in [0.717, 1.165) is 30.6 Å². The van der Waals surface area contributed by atoms with Crippen molar-refractivity contribution in [3.63, 3.8) is 0 Å². The van der Waals surface area contributed by atoms with Gasteiger partial charge in [0.2, 0.25) is 0 Å². The summed E-state index contributed by atoms with van der Waals surface area (Å²) < 4.78 is 0. The highest BCUT2D eigenvalue weighted by Gasteiger charge is 2.17. The first-order valence-corrected chi connectivity index (χ1v) is 6.36.